The lowest BCUT2D eigenvalue weighted by Gasteiger charge is -2.16. The van der Waals surface area contributed by atoms with Gasteiger partial charge in [-0.15, -0.1) is 11.3 Å². The molecule has 0 saturated heterocycles. The predicted octanol–water partition coefficient (Wildman–Crippen LogP) is 5.44. The highest BCUT2D eigenvalue weighted by molar-refractivity contribution is 7.12. The Bertz CT molecular complexity index is 947. The zero-order valence-corrected chi connectivity index (χ0v) is 17.4. The summed E-state index contributed by atoms with van der Waals surface area (Å²) in [4.78, 5) is 13.3. The van der Waals surface area contributed by atoms with Gasteiger partial charge in [-0.1, -0.05) is 23.8 Å². The first kappa shape index (κ1) is 20.0. The molecule has 1 aromatic heterocycles. The summed E-state index contributed by atoms with van der Waals surface area (Å²) in [7, 11) is 1.63. The largest absolute Gasteiger partial charge is 0.497 e. The van der Waals surface area contributed by atoms with Crippen LogP contribution in [0.25, 0.3) is 0 Å². The maximum atomic E-state index is 12.6. The molecule has 1 atom stereocenters. The van der Waals surface area contributed by atoms with Gasteiger partial charge >= 0.3 is 0 Å². The fourth-order valence-electron chi connectivity index (χ4n) is 3.07. The van der Waals surface area contributed by atoms with Crippen molar-refractivity contribution >= 4 is 17.2 Å². The lowest BCUT2D eigenvalue weighted by molar-refractivity contribution is 0.0944. The summed E-state index contributed by atoms with van der Waals surface area (Å²) in [6.07, 6.45) is 0. The van der Waals surface area contributed by atoms with Crippen LogP contribution in [-0.2, 0) is 6.61 Å². The van der Waals surface area contributed by atoms with Crippen molar-refractivity contribution in [2.24, 2.45) is 0 Å². The Morgan fingerprint density at radius 2 is 1.79 bits per heavy atom. The van der Waals surface area contributed by atoms with E-state index < -0.39 is 0 Å². The Balaban J connectivity index is 1.58. The minimum atomic E-state index is -0.0619. The Kier molecular flexibility index (Phi) is 6.37. The molecular weight excluding hydrogens is 370 g/mol. The molecule has 1 amide bonds. The molecule has 0 aliphatic heterocycles. The number of hydrogen-bond acceptors (Lipinski definition) is 4. The van der Waals surface area contributed by atoms with Gasteiger partial charge in [-0.25, -0.2) is 0 Å². The third-order valence-electron chi connectivity index (χ3n) is 4.58. The van der Waals surface area contributed by atoms with E-state index in [0.29, 0.717) is 11.5 Å². The summed E-state index contributed by atoms with van der Waals surface area (Å²) >= 11 is 1.43. The van der Waals surface area contributed by atoms with Gasteiger partial charge < -0.3 is 14.8 Å². The highest BCUT2D eigenvalue weighted by Crippen LogP contribution is 2.22. The standard InChI is InChI=1S/C23H25NO3S/c1-15-5-10-21(16(2)11-15)17(3)24-23(25)22-12-18(14-28-22)13-27-20-8-6-19(26-4)7-9-20/h5-12,14,17H,13H2,1-4H3,(H,24,25). The molecule has 5 heteroatoms. The van der Waals surface area contributed by atoms with Crippen molar-refractivity contribution in [3.63, 3.8) is 0 Å². The third kappa shape index (κ3) is 4.93. The molecule has 3 aromatic rings. The van der Waals surface area contributed by atoms with E-state index in [1.807, 2.05) is 42.6 Å². The second kappa shape index (κ2) is 8.93. The van der Waals surface area contributed by atoms with Gasteiger partial charge in [0.05, 0.1) is 18.0 Å². The van der Waals surface area contributed by atoms with Crippen LogP contribution in [0.4, 0.5) is 0 Å². The van der Waals surface area contributed by atoms with E-state index in [1.165, 1.54) is 22.5 Å². The van der Waals surface area contributed by atoms with E-state index in [4.69, 9.17) is 9.47 Å². The zero-order valence-electron chi connectivity index (χ0n) is 16.6. The monoisotopic (exact) mass is 395 g/mol. The van der Waals surface area contributed by atoms with Gasteiger partial charge in [0, 0.05) is 5.56 Å². The van der Waals surface area contributed by atoms with Crippen LogP contribution in [0.5, 0.6) is 11.5 Å². The number of benzene rings is 2. The van der Waals surface area contributed by atoms with Crippen LogP contribution in [0.15, 0.2) is 53.9 Å². The van der Waals surface area contributed by atoms with E-state index in [1.54, 1.807) is 7.11 Å². The van der Waals surface area contributed by atoms with Gasteiger partial charge in [0.25, 0.3) is 5.91 Å². The van der Waals surface area contributed by atoms with Crippen molar-refractivity contribution in [3.05, 3.63) is 81.0 Å². The minimum absolute atomic E-state index is 0.0470. The topological polar surface area (TPSA) is 47.6 Å². The molecule has 0 bridgehead atoms. The number of thiophene rings is 1. The quantitative estimate of drug-likeness (QED) is 0.579. The van der Waals surface area contributed by atoms with Crippen molar-refractivity contribution in [2.75, 3.05) is 7.11 Å². The molecule has 1 N–H and O–H groups in total. The number of rotatable bonds is 7. The fourth-order valence-corrected chi connectivity index (χ4v) is 3.87. The molecule has 0 aliphatic rings. The van der Waals surface area contributed by atoms with Crippen molar-refractivity contribution in [2.45, 2.75) is 33.4 Å². The van der Waals surface area contributed by atoms with Crippen molar-refractivity contribution in [1.29, 1.82) is 0 Å². The molecule has 2 aromatic carbocycles. The molecule has 0 saturated carbocycles. The number of hydrogen-bond donors (Lipinski definition) is 1. The fraction of sp³-hybridized carbons (Fsp3) is 0.261. The van der Waals surface area contributed by atoms with Crippen molar-refractivity contribution in [3.8, 4) is 11.5 Å². The molecule has 28 heavy (non-hydrogen) atoms. The number of nitrogens with one attached hydrogen (secondary N) is 1. The number of carbonyl (C=O) groups is 1. The smallest absolute Gasteiger partial charge is 0.261 e. The number of carbonyl (C=O) groups excluding carboxylic acids is 1. The molecule has 1 unspecified atom stereocenters. The van der Waals surface area contributed by atoms with Crippen molar-refractivity contribution < 1.29 is 14.3 Å². The Morgan fingerprint density at radius 3 is 2.46 bits per heavy atom. The number of ether oxygens (including phenoxy) is 2. The summed E-state index contributed by atoms with van der Waals surface area (Å²) in [5.41, 5.74) is 4.52. The Labute approximate surface area is 170 Å². The van der Waals surface area contributed by atoms with E-state index in [2.05, 4.69) is 37.4 Å². The molecule has 0 aliphatic carbocycles. The van der Waals surface area contributed by atoms with E-state index >= 15 is 0 Å². The molecule has 4 nitrogen and oxygen atoms in total. The van der Waals surface area contributed by atoms with Crippen LogP contribution in [0.2, 0.25) is 0 Å². The highest BCUT2D eigenvalue weighted by Gasteiger charge is 2.15. The number of amides is 1. The zero-order chi connectivity index (χ0) is 20.1. The summed E-state index contributed by atoms with van der Waals surface area (Å²) in [5, 5.41) is 5.05. The maximum Gasteiger partial charge on any atom is 0.261 e. The number of methoxy groups -OCH3 is 1. The lowest BCUT2D eigenvalue weighted by atomic mass is 10.0. The van der Waals surface area contributed by atoms with Crippen LogP contribution < -0.4 is 14.8 Å². The summed E-state index contributed by atoms with van der Waals surface area (Å²) in [6.45, 7) is 6.57. The molecule has 0 fully saturated rings. The molecule has 146 valence electrons. The number of aryl methyl sites for hydroxylation is 2. The molecular formula is C23H25NO3S. The minimum Gasteiger partial charge on any atom is -0.497 e. The highest BCUT2D eigenvalue weighted by atomic mass is 32.1. The molecule has 1 heterocycles. The molecule has 3 rings (SSSR count). The van der Waals surface area contributed by atoms with Crippen LogP contribution in [0.3, 0.4) is 0 Å². The summed E-state index contributed by atoms with van der Waals surface area (Å²) in [6, 6.07) is 15.6. The Morgan fingerprint density at radius 1 is 1.07 bits per heavy atom. The third-order valence-corrected chi connectivity index (χ3v) is 5.56. The van der Waals surface area contributed by atoms with Gasteiger partial charge in [-0.05, 0) is 67.6 Å². The van der Waals surface area contributed by atoms with Crippen LogP contribution in [-0.4, -0.2) is 13.0 Å². The van der Waals surface area contributed by atoms with Gasteiger partial charge in [-0.3, -0.25) is 4.79 Å². The molecule has 0 radical (unpaired) electrons. The van der Waals surface area contributed by atoms with Crippen LogP contribution >= 0.6 is 11.3 Å². The lowest BCUT2D eigenvalue weighted by Crippen LogP contribution is -2.26. The van der Waals surface area contributed by atoms with E-state index in [-0.39, 0.29) is 11.9 Å². The van der Waals surface area contributed by atoms with Crippen LogP contribution in [0.1, 0.15) is 44.9 Å². The normalized spacial score (nSPS) is 11.7. The van der Waals surface area contributed by atoms with Gasteiger partial charge in [0.2, 0.25) is 0 Å². The first-order valence-corrected chi connectivity index (χ1v) is 10.1. The second-order valence-corrected chi connectivity index (χ2v) is 7.75. The maximum absolute atomic E-state index is 12.6. The van der Waals surface area contributed by atoms with E-state index in [9.17, 15) is 4.79 Å². The van der Waals surface area contributed by atoms with Crippen LogP contribution in [0, 0.1) is 13.8 Å². The molecule has 0 spiro atoms. The first-order chi connectivity index (χ1) is 13.5. The SMILES string of the molecule is COc1ccc(OCc2csc(C(=O)NC(C)c3ccc(C)cc3C)c2)cc1. The van der Waals surface area contributed by atoms with E-state index in [0.717, 1.165) is 22.6 Å². The summed E-state index contributed by atoms with van der Waals surface area (Å²) in [5.74, 6) is 1.49. The predicted molar refractivity (Wildman–Crippen MR) is 113 cm³/mol. The van der Waals surface area contributed by atoms with Gasteiger partial charge in [-0.2, -0.15) is 0 Å². The van der Waals surface area contributed by atoms with Crippen molar-refractivity contribution in [1.82, 2.24) is 5.32 Å². The first-order valence-electron chi connectivity index (χ1n) is 9.18. The summed E-state index contributed by atoms with van der Waals surface area (Å²) < 4.78 is 10.9. The Hall–Kier alpha value is -2.79. The average molecular weight is 396 g/mol. The van der Waals surface area contributed by atoms with Gasteiger partial charge in [0.15, 0.2) is 0 Å². The average Bonchev–Trinajstić information content (AvgIpc) is 3.16. The van der Waals surface area contributed by atoms with Gasteiger partial charge in [0.1, 0.15) is 18.1 Å². The second-order valence-electron chi connectivity index (χ2n) is 6.84.